The van der Waals surface area contributed by atoms with Crippen LogP contribution in [0.15, 0.2) is 21.5 Å². The van der Waals surface area contributed by atoms with Crippen molar-refractivity contribution >= 4 is 15.9 Å². The first-order valence-electron chi connectivity index (χ1n) is 2.92. The van der Waals surface area contributed by atoms with Crippen molar-refractivity contribution in [2.24, 2.45) is 7.05 Å². The fourth-order valence-electron chi connectivity index (χ4n) is 0.684. The molecular weight excluding hydrogens is 208 g/mol. The van der Waals surface area contributed by atoms with E-state index in [1.807, 2.05) is 6.07 Å². The lowest BCUT2D eigenvalue weighted by Gasteiger charge is -1.97. The molecule has 3 nitrogen and oxygen atoms in total. The standard InChI is InChI=1S/C7H5BrN2O/c1-10-3-2-5(4-9)6(8)7(10)11/h2-3H,1H3. The summed E-state index contributed by atoms with van der Waals surface area (Å²) in [5, 5.41) is 8.51. The first kappa shape index (κ1) is 8.02. The summed E-state index contributed by atoms with van der Waals surface area (Å²) in [7, 11) is 1.63. The van der Waals surface area contributed by atoms with Gasteiger partial charge in [0.05, 0.1) is 5.56 Å². The fraction of sp³-hybridized carbons (Fsp3) is 0.143. The number of nitriles is 1. The Labute approximate surface area is 72.0 Å². The molecule has 0 aliphatic heterocycles. The van der Waals surface area contributed by atoms with E-state index in [1.54, 1.807) is 19.3 Å². The zero-order valence-corrected chi connectivity index (χ0v) is 7.42. The molecule has 1 heterocycles. The number of rotatable bonds is 0. The Morgan fingerprint density at radius 1 is 1.73 bits per heavy atom. The maximum atomic E-state index is 11.1. The molecule has 0 aliphatic rings. The van der Waals surface area contributed by atoms with Crippen LogP contribution in [0.4, 0.5) is 0 Å². The lowest BCUT2D eigenvalue weighted by atomic mass is 10.3. The van der Waals surface area contributed by atoms with Crippen LogP contribution in [-0.2, 0) is 7.05 Å². The van der Waals surface area contributed by atoms with E-state index in [2.05, 4.69) is 15.9 Å². The van der Waals surface area contributed by atoms with Gasteiger partial charge in [-0.15, -0.1) is 0 Å². The third kappa shape index (κ3) is 1.33. The van der Waals surface area contributed by atoms with Crippen LogP contribution in [0.3, 0.4) is 0 Å². The molecule has 0 aromatic carbocycles. The molecule has 0 spiro atoms. The van der Waals surface area contributed by atoms with E-state index >= 15 is 0 Å². The van der Waals surface area contributed by atoms with E-state index in [4.69, 9.17) is 5.26 Å². The van der Waals surface area contributed by atoms with Gasteiger partial charge in [-0.3, -0.25) is 4.79 Å². The largest absolute Gasteiger partial charge is 0.318 e. The van der Waals surface area contributed by atoms with Gasteiger partial charge >= 0.3 is 0 Å². The summed E-state index contributed by atoms with van der Waals surface area (Å²) in [6.07, 6.45) is 1.56. The smallest absolute Gasteiger partial charge is 0.265 e. The number of aryl methyl sites for hydroxylation is 1. The molecule has 0 atom stereocenters. The van der Waals surface area contributed by atoms with Gasteiger partial charge in [0.1, 0.15) is 10.5 Å². The minimum Gasteiger partial charge on any atom is -0.318 e. The van der Waals surface area contributed by atoms with Crippen molar-refractivity contribution < 1.29 is 0 Å². The van der Waals surface area contributed by atoms with Crippen LogP contribution in [-0.4, -0.2) is 4.57 Å². The summed E-state index contributed by atoms with van der Waals surface area (Å²) >= 11 is 3.04. The second-order valence-corrected chi connectivity index (χ2v) is 2.86. The first-order chi connectivity index (χ1) is 5.16. The van der Waals surface area contributed by atoms with Gasteiger partial charge in [0.25, 0.3) is 5.56 Å². The van der Waals surface area contributed by atoms with E-state index in [1.165, 1.54) is 4.57 Å². The van der Waals surface area contributed by atoms with Crippen molar-refractivity contribution in [3.05, 3.63) is 32.7 Å². The van der Waals surface area contributed by atoms with Gasteiger partial charge in [-0.1, -0.05) is 0 Å². The number of hydrogen-bond donors (Lipinski definition) is 0. The molecule has 0 aliphatic carbocycles. The monoisotopic (exact) mass is 212 g/mol. The highest BCUT2D eigenvalue weighted by Gasteiger charge is 2.02. The van der Waals surface area contributed by atoms with Gasteiger partial charge < -0.3 is 4.57 Å². The van der Waals surface area contributed by atoms with E-state index in [0.29, 0.717) is 10.0 Å². The molecule has 0 saturated carbocycles. The van der Waals surface area contributed by atoms with Crippen LogP contribution in [0.2, 0.25) is 0 Å². The molecule has 1 aromatic heterocycles. The molecule has 0 bridgehead atoms. The Hall–Kier alpha value is -1.08. The van der Waals surface area contributed by atoms with E-state index < -0.39 is 0 Å². The molecule has 1 aromatic rings. The van der Waals surface area contributed by atoms with Crippen molar-refractivity contribution in [3.8, 4) is 6.07 Å². The first-order valence-corrected chi connectivity index (χ1v) is 3.71. The molecular formula is C7H5BrN2O. The highest BCUT2D eigenvalue weighted by Crippen LogP contribution is 2.08. The van der Waals surface area contributed by atoms with Gasteiger partial charge in [0, 0.05) is 13.2 Å². The SMILES string of the molecule is Cn1ccc(C#N)c(Br)c1=O. The van der Waals surface area contributed by atoms with Crippen molar-refractivity contribution in [1.29, 1.82) is 5.26 Å². The van der Waals surface area contributed by atoms with Crippen LogP contribution in [0, 0.1) is 11.3 Å². The number of nitrogens with zero attached hydrogens (tertiary/aromatic N) is 2. The zero-order valence-electron chi connectivity index (χ0n) is 5.84. The van der Waals surface area contributed by atoms with Crippen LogP contribution in [0.5, 0.6) is 0 Å². The zero-order chi connectivity index (χ0) is 8.43. The summed E-state index contributed by atoms with van der Waals surface area (Å²) in [6.45, 7) is 0. The number of pyridine rings is 1. The summed E-state index contributed by atoms with van der Waals surface area (Å²) in [5.74, 6) is 0. The summed E-state index contributed by atoms with van der Waals surface area (Å²) in [4.78, 5) is 11.1. The van der Waals surface area contributed by atoms with Gasteiger partial charge in [-0.2, -0.15) is 5.26 Å². The highest BCUT2D eigenvalue weighted by molar-refractivity contribution is 9.10. The Morgan fingerprint density at radius 3 is 2.91 bits per heavy atom. The Kier molecular flexibility index (Phi) is 2.11. The average Bonchev–Trinajstić information content (AvgIpc) is 2.01. The molecule has 1 rings (SSSR count). The summed E-state index contributed by atoms with van der Waals surface area (Å²) in [5.41, 5.74) is 0.178. The number of aromatic nitrogens is 1. The van der Waals surface area contributed by atoms with Crippen molar-refractivity contribution in [1.82, 2.24) is 4.57 Å². The Balaban J connectivity index is 3.53. The average molecular weight is 213 g/mol. The second-order valence-electron chi connectivity index (χ2n) is 2.07. The van der Waals surface area contributed by atoms with Crippen molar-refractivity contribution in [3.63, 3.8) is 0 Å². The second kappa shape index (κ2) is 2.89. The van der Waals surface area contributed by atoms with Gasteiger partial charge in [-0.25, -0.2) is 0 Å². The predicted octanol–water partition coefficient (Wildman–Crippen LogP) is 1.02. The molecule has 0 amide bonds. The lowest BCUT2D eigenvalue weighted by molar-refractivity contribution is 0.851. The number of hydrogen-bond acceptors (Lipinski definition) is 2. The molecule has 4 heteroatoms. The fourth-order valence-corrected chi connectivity index (χ4v) is 1.18. The van der Waals surface area contributed by atoms with Crippen molar-refractivity contribution in [2.75, 3.05) is 0 Å². The van der Waals surface area contributed by atoms with Crippen LogP contribution < -0.4 is 5.56 Å². The molecule has 0 unspecified atom stereocenters. The Bertz CT molecular complexity index is 375. The third-order valence-electron chi connectivity index (χ3n) is 1.33. The molecule has 0 fully saturated rings. The van der Waals surface area contributed by atoms with Crippen LogP contribution in [0.1, 0.15) is 5.56 Å². The maximum Gasteiger partial charge on any atom is 0.265 e. The molecule has 56 valence electrons. The van der Waals surface area contributed by atoms with Crippen LogP contribution in [0.25, 0.3) is 0 Å². The van der Waals surface area contributed by atoms with E-state index in [-0.39, 0.29) is 5.56 Å². The van der Waals surface area contributed by atoms with Gasteiger partial charge in [0.15, 0.2) is 0 Å². The van der Waals surface area contributed by atoms with E-state index in [0.717, 1.165) is 0 Å². The minimum atomic E-state index is -0.191. The van der Waals surface area contributed by atoms with Crippen molar-refractivity contribution in [2.45, 2.75) is 0 Å². The quantitative estimate of drug-likeness (QED) is 0.645. The van der Waals surface area contributed by atoms with Gasteiger partial charge in [0.2, 0.25) is 0 Å². The molecule has 0 N–H and O–H groups in total. The van der Waals surface area contributed by atoms with Crippen LogP contribution >= 0.6 is 15.9 Å². The molecule has 0 saturated heterocycles. The highest BCUT2D eigenvalue weighted by atomic mass is 79.9. The topological polar surface area (TPSA) is 45.8 Å². The minimum absolute atomic E-state index is 0.191. The molecule has 0 radical (unpaired) electrons. The third-order valence-corrected chi connectivity index (χ3v) is 2.10. The summed E-state index contributed by atoms with van der Waals surface area (Å²) < 4.78 is 1.73. The summed E-state index contributed by atoms with van der Waals surface area (Å²) in [6, 6.07) is 3.49. The predicted molar refractivity (Wildman–Crippen MR) is 44.1 cm³/mol. The normalized spacial score (nSPS) is 9.18. The Morgan fingerprint density at radius 2 is 2.36 bits per heavy atom. The lowest BCUT2D eigenvalue weighted by Crippen LogP contribution is -2.17. The number of halogens is 1. The van der Waals surface area contributed by atoms with E-state index in [9.17, 15) is 4.79 Å². The maximum absolute atomic E-state index is 11.1. The molecule has 11 heavy (non-hydrogen) atoms. The van der Waals surface area contributed by atoms with Gasteiger partial charge in [-0.05, 0) is 22.0 Å².